The van der Waals surface area contributed by atoms with E-state index in [1.165, 1.54) is 0 Å². The van der Waals surface area contributed by atoms with E-state index in [9.17, 15) is 0 Å². The SMILES string of the molecule is C=CCNC(=S)N[C@@H](C)c1ccco1. The Hall–Kier alpha value is -1.29. The van der Waals surface area contributed by atoms with Gasteiger partial charge in [0.05, 0.1) is 12.3 Å². The Morgan fingerprint density at radius 2 is 2.57 bits per heavy atom. The minimum absolute atomic E-state index is 0.0785. The normalized spacial score (nSPS) is 11.8. The zero-order valence-electron chi connectivity index (χ0n) is 8.12. The van der Waals surface area contributed by atoms with Crippen molar-refractivity contribution in [2.24, 2.45) is 0 Å². The molecule has 0 aliphatic heterocycles. The van der Waals surface area contributed by atoms with Crippen molar-refractivity contribution in [3.63, 3.8) is 0 Å². The maximum Gasteiger partial charge on any atom is 0.167 e. The van der Waals surface area contributed by atoms with E-state index < -0.39 is 0 Å². The maximum absolute atomic E-state index is 5.23. The summed E-state index contributed by atoms with van der Waals surface area (Å²) < 4.78 is 5.23. The van der Waals surface area contributed by atoms with Gasteiger partial charge in [0.25, 0.3) is 0 Å². The van der Waals surface area contributed by atoms with Crippen LogP contribution in [-0.2, 0) is 0 Å². The largest absolute Gasteiger partial charge is 0.467 e. The highest BCUT2D eigenvalue weighted by Gasteiger charge is 2.08. The lowest BCUT2D eigenvalue weighted by Gasteiger charge is -2.13. The average Bonchev–Trinajstić information content (AvgIpc) is 2.67. The van der Waals surface area contributed by atoms with E-state index in [0.717, 1.165) is 5.76 Å². The molecule has 14 heavy (non-hydrogen) atoms. The van der Waals surface area contributed by atoms with E-state index in [0.29, 0.717) is 11.7 Å². The topological polar surface area (TPSA) is 37.2 Å². The van der Waals surface area contributed by atoms with Crippen molar-refractivity contribution in [2.75, 3.05) is 6.54 Å². The molecule has 1 heterocycles. The number of thiocarbonyl (C=S) groups is 1. The third-order valence-electron chi connectivity index (χ3n) is 1.72. The number of nitrogens with one attached hydrogen (secondary N) is 2. The second kappa shape index (κ2) is 5.44. The fourth-order valence-corrected chi connectivity index (χ4v) is 1.28. The van der Waals surface area contributed by atoms with Gasteiger partial charge in [-0.3, -0.25) is 0 Å². The molecule has 0 aromatic carbocycles. The van der Waals surface area contributed by atoms with Gasteiger partial charge in [-0.05, 0) is 31.3 Å². The Bertz CT molecular complexity index is 295. The standard InChI is InChI=1S/C10H14N2OS/c1-3-6-11-10(14)12-8(2)9-5-4-7-13-9/h3-5,7-8H,1,6H2,2H3,(H2,11,12,14)/t8-/m0/s1. The fourth-order valence-electron chi connectivity index (χ4n) is 1.02. The smallest absolute Gasteiger partial charge is 0.167 e. The Morgan fingerprint density at radius 1 is 1.79 bits per heavy atom. The van der Waals surface area contributed by atoms with Gasteiger partial charge >= 0.3 is 0 Å². The highest BCUT2D eigenvalue weighted by molar-refractivity contribution is 7.80. The van der Waals surface area contributed by atoms with Gasteiger partial charge < -0.3 is 15.1 Å². The molecule has 1 atom stereocenters. The second-order valence-corrected chi connectivity index (χ2v) is 3.29. The minimum Gasteiger partial charge on any atom is -0.467 e. The van der Waals surface area contributed by atoms with Crippen molar-refractivity contribution >= 4 is 17.3 Å². The van der Waals surface area contributed by atoms with Gasteiger partial charge in [-0.1, -0.05) is 6.08 Å². The summed E-state index contributed by atoms with van der Waals surface area (Å²) in [6.07, 6.45) is 3.40. The molecule has 1 rings (SSSR count). The predicted octanol–water partition coefficient (Wildman–Crippen LogP) is 1.99. The van der Waals surface area contributed by atoms with Crippen LogP contribution in [0.2, 0.25) is 0 Å². The van der Waals surface area contributed by atoms with Gasteiger partial charge in [-0.25, -0.2) is 0 Å². The monoisotopic (exact) mass is 210 g/mol. The number of rotatable bonds is 4. The minimum atomic E-state index is 0.0785. The van der Waals surface area contributed by atoms with Crippen molar-refractivity contribution in [1.29, 1.82) is 0 Å². The van der Waals surface area contributed by atoms with Gasteiger partial charge in [0.2, 0.25) is 0 Å². The molecular formula is C10H14N2OS. The van der Waals surface area contributed by atoms with Crippen LogP contribution in [0.3, 0.4) is 0 Å². The third kappa shape index (κ3) is 3.22. The molecule has 76 valence electrons. The van der Waals surface area contributed by atoms with Crippen LogP contribution in [0.5, 0.6) is 0 Å². The van der Waals surface area contributed by atoms with Gasteiger partial charge in [0.1, 0.15) is 5.76 Å². The Balaban J connectivity index is 2.37. The lowest BCUT2D eigenvalue weighted by molar-refractivity contribution is 0.462. The number of hydrogen-bond donors (Lipinski definition) is 2. The molecule has 3 nitrogen and oxygen atoms in total. The molecule has 0 fully saturated rings. The summed E-state index contributed by atoms with van der Waals surface area (Å²) in [5, 5.41) is 6.69. The molecule has 4 heteroatoms. The van der Waals surface area contributed by atoms with E-state index in [1.807, 2.05) is 19.1 Å². The summed E-state index contributed by atoms with van der Waals surface area (Å²) in [5.74, 6) is 0.868. The van der Waals surface area contributed by atoms with Gasteiger partial charge in [-0.2, -0.15) is 0 Å². The van der Waals surface area contributed by atoms with Crippen LogP contribution in [-0.4, -0.2) is 11.7 Å². The molecular weight excluding hydrogens is 196 g/mol. The molecule has 0 saturated carbocycles. The van der Waals surface area contributed by atoms with E-state index in [2.05, 4.69) is 17.2 Å². The van der Waals surface area contributed by atoms with Crippen LogP contribution in [0.15, 0.2) is 35.5 Å². The lowest BCUT2D eigenvalue weighted by atomic mass is 10.2. The van der Waals surface area contributed by atoms with Gasteiger partial charge in [-0.15, -0.1) is 6.58 Å². The summed E-state index contributed by atoms with van der Waals surface area (Å²) in [6, 6.07) is 3.84. The molecule has 0 bridgehead atoms. The van der Waals surface area contributed by atoms with Crippen LogP contribution in [0.4, 0.5) is 0 Å². The van der Waals surface area contributed by atoms with E-state index in [4.69, 9.17) is 16.6 Å². The highest BCUT2D eigenvalue weighted by atomic mass is 32.1. The molecule has 0 unspecified atom stereocenters. The Kier molecular flexibility index (Phi) is 4.19. The van der Waals surface area contributed by atoms with Crippen LogP contribution in [0, 0.1) is 0 Å². The molecule has 0 saturated heterocycles. The number of furan rings is 1. The van der Waals surface area contributed by atoms with Crippen molar-refractivity contribution in [3.05, 3.63) is 36.8 Å². The first-order chi connectivity index (χ1) is 6.74. The van der Waals surface area contributed by atoms with Gasteiger partial charge in [0, 0.05) is 6.54 Å². The van der Waals surface area contributed by atoms with Gasteiger partial charge in [0.15, 0.2) is 5.11 Å². The van der Waals surface area contributed by atoms with Crippen LogP contribution in [0.1, 0.15) is 18.7 Å². The first kappa shape index (κ1) is 10.8. The summed E-state index contributed by atoms with van der Waals surface area (Å²) >= 11 is 5.06. The Morgan fingerprint density at radius 3 is 3.14 bits per heavy atom. The summed E-state index contributed by atoms with van der Waals surface area (Å²) in [5.41, 5.74) is 0. The summed E-state index contributed by atoms with van der Waals surface area (Å²) in [7, 11) is 0. The first-order valence-corrected chi connectivity index (χ1v) is 4.83. The molecule has 0 aliphatic carbocycles. The zero-order valence-corrected chi connectivity index (χ0v) is 8.93. The van der Waals surface area contributed by atoms with Crippen LogP contribution >= 0.6 is 12.2 Å². The van der Waals surface area contributed by atoms with Crippen LogP contribution < -0.4 is 10.6 Å². The molecule has 0 spiro atoms. The van der Waals surface area contributed by atoms with Crippen molar-refractivity contribution in [3.8, 4) is 0 Å². The molecule has 2 N–H and O–H groups in total. The van der Waals surface area contributed by atoms with E-state index >= 15 is 0 Å². The highest BCUT2D eigenvalue weighted by Crippen LogP contribution is 2.11. The van der Waals surface area contributed by atoms with Crippen molar-refractivity contribution in [1.82, 2.24) is 10.6 Å². The van der Waals surface area contributed by atoms with Crippen molar-refractivity contribution < 1.29 is 4.42 Å². The fraction of sp³-hybridized carbons (Fsp3) is 0.300. The van der Waals surface area contributed by atoms with Crippen molar-refractivity contribution in [2.45, 2.75) is 13.0 Å². The number of hydrogen-bond acceptors (Lipinski definition) is 2. The Labute approximate surface area is 89.2 Å². The third-order valence-corrected chi connectivity index (χ3v) is 1.99. The zero-order chi connectivity index (χ0) is 10.4. The average molecular weight is 210 g/mol. The molecule has 1 aromatic heterocycles. The quantitative estimate of drug-likeness (QED) is 0.588. The molecule has 0 radical (unpaired) electrons. The maximum atomic E-state index is 5.23. The molecule has 1 aromatic rings. The van der Waals surface area contributed by atoms with E-state index in [1.54, 1.807) is 12.3 Å². The second-order valence-electron chi connectivity index (χ2n) is 2.88. The summed E-state index contributed by atoms with van der Waals surface area (Å²) in [4.78, 5) is 0. The first-order valence-electron chi connectivity index (χ1n) is 4.42. The summed E-state index contributed by atoms with van der Waals surface area (Å²) in [6.45, 7) is 6.24. The molecule has 0 aliphatic rings. The van der Waals surface area contributed by atoms with Crippen LogP contribution in [0.25, 0.3) is 0 Å². The predicted molar refractivity (Wildman–Crippen MR) is 61.1 cm³/mol. The molecule has 0 amide bonds. The lowest BCUT2D eigenvalue weighted by Crippen LogP contribution is -2.36. The van der Waals surface area contributed by atoms with E-state index in [-0.39, 0.29) is 6.04 Å².